The van der Waals surface area contributed by atoms with E-state index in [-0.39, 0.29) is 5.56 Å². The smallest absolute Gasteiger partial charge is 0.290 e. The van der Waals surface area contributed by atoms with Crippen LogP contribution in [-0.4, -0.2) is 21.1 Å². The maximum absolute atomic E-state index is 12.9. The lowest BCUT2D eigenvalue weighted by Crippen LogP contribution is -2.21. The number of aromatic nitrogens is 2. The highest BCUT2D eigenvalue weighted by Gasteiger charge is 2.31. The molecular weight excluding hydrogens is 357 g/mol. The van der Waals surface area contributed by atoms with Gasteiger partial charge in [0.15, 0.2) is 5.16 Å². The van der Waals surface area contributed by atoms with Gasteiger partial charge in [-0.25, -0.2) is 4.98 Å². The van der Waals surface area contributed by atoms with Crippen molar-refractivity contribution in [3.63, 3.8) is 0 Å². The van der Waals surface area contributed by atoms with Crippen molar-refractivity contribution < 1.29 is 13.2 Å². The van der Waals surface area contributed by atoms with Crippen molar-refractivity contribution in [2.45, 2.75) is 30.1 Å². The monoisotopic (exact) mass is 374 g/mol. The molecule has 0 saturated heterocycles. The molecule has 0 amide bonds. The van der Waals surface area contributed by atoms with Gasteiger partial charge in [-0.1, -0.05) is 31.7 Å². The topological polar surface area (TPSA) is 34.9 Å². The molecule has 24 heavy (non-hydrogen) atoms. The van der Waals surface area contributed by atoms with E-state index >= 15 is 0 Å². The zero-order valence-electron chi connectivity index (χ0n) is 13.5. The Labute approximate surface area is 146 Å². The van der Waals surface area contributed by atoms with Crippen molar-refractivity contribution in [2.24, 2.45) is 7.05 Å². The van der Waals surface area contributed by atoms with Crippen molar-refractivity contribution in [1.82, 2.24) is 9.55 Å². The van der Waals surface area contributed by atoms with Gasteiger partial charge in [-0.05, 0) is 23.6 Å². The molecule has 2 aromatic rings. The molecule has 0 aliphatic heterocycles. The first kappa shape index (κ1) is 18.9. The van der Waals surface area contributed by atoms with Gasteiger partial charge in [0.25, 0.3) is 5.56 Å². The Balaban J connectivity index is 2.60. The summed E-state index contributed by atoms with van der Waals surface area (Å²) in [5.41, 5.74) is -0.192. The summed E-state index contributed by atoms with van der Waals surface area (Å²) in [5, 5.41) is 0.586. The molecule has 3 nitrogen and oxygen atoms in total. The van der Waals surface area contributed by atoms with E-state index in [9.17, 15) is 18.0 Å². The summed E-state index contributed by atoms with van der Waals surface area (Å²) in [4.78, 5) is 17.3. The van der Waals surface area contributed by atoms with Gasteiger partial charge in [0.1, 0.15) is 0 Å². The van der Waals surface area contributed by atoms with Crippen molar-refractivity contribution >= 4 is 23.5 Å². The summed E-state index contributed by atoms with van der Waals surface area (Å²) in [5.74, 6) is 1.38. The molecule has 0 fully saturated rings. The molecule has 0 unspecified atom stereocenters. The average molecular weight is 374 g/mol. The van der Waals surface area contributed by atoms with Crippen LogP contribution in [0, 0.1) is 0 Å². The predicted molar refractivity (Wildman–Crippen MR) is 92.7 cm³/mol. The molecule has 0 radical (unpaired) electrons. The molecule has 1 heterocycles. The molecule has 1 aromatic heterocycles. The lowest BCUT2D eigenvalue weighted by atomic mass is 10.1. The van der Waals surface area contributed by atoms with Gasteiger partial charge >= 0.3 is 6.18 Å². The van der Waals surface area contributed by atoms with Gasteiger partial charge < -0.3 is 0 Å². The van der Waals surface area contributed by atoms with E-state index in [2.05, 4.69) is 4.98 Å². The quantitative estimate of drug-likeness (QED) is 0.562. The molecule has 130 valence electrons. The summed E-state index contributed by atoms with van der Waals surface area (Å²) >= 11 is 2.71. The molecule has 0 atom stereocenters. The highest BCUT2D eigenvalue weighted by molar-refractivity contribution is 7.99. The number of rotatable bonds is 5. The van der Waals surface area contributed by atoms with Crippen molar-refractivity contribution in [2.75, 3.05) is 11.5 Å². The summed E-state index contributed by atoms with van der Waals surface area (Å²) in [6, 6.07) is 3.45. The molecule has 0 bridgehead atoms. The van der Waals surface area contributed by atoms with Gasteiger partial charge in [0.05, 0.1) is 11.1 Å². The van der Waals surface area contributed by atoms with E-state index in [0.717, 1.165) is 17.9 Å². The lowest BCUT2D eigenvalue weighted by molar-refractivity contribution is -0.137. The summed E-state index contributed by atoms with van der Waals surface area (Å²) < 4.78 is 40.2. The zero-order chi connectivity index (χ0) is 17.9. The number of nitrogens with zero attached hydrogens (tertiary/aromatic N) is 2. The second kappa shape index (κ2) is 7.65. The van der Waals surface area contributed by atoms with Crippen LogP contribution in [0.2, 0.25) is 0 Å². The fraction of sp³-hybridized carbons (Fsp3) is 0.375. The lowest BCUT2D eigenvalue weighted by Gasteiger charge is -2.14. The normalized spacial score (nSPS) is 11.8. The minimum absolute atomic E-state index is 0.265. The van der Waals surface area contributed by atoms with Crippen LogP contribution in [0.25, 0.3) is 11.1 Å². The summed E-state index contributed by atoms with van der Waals surface area (Å²) in [6.07, 6.45) is -2.96. The molecular formula is C16H17F3N2OS2. The van der Waals surface area contributed by atoms with E-state index in [0.29, 0.717) is 26.9 Å². The van der Waals surface area contributed by atoms with Crippen LogP contribution in [0.4, 0.5) is 13.2 Å². The second-order valence-electron chi connectivity index (χ2n) is 4.89. The first-order valence-electron chi connectivity index (χ1n) is 7.32. The molecule has 1 aromatic carbocycles. The van der Waals surface area contributed by atoms with Crippen LogP contribution in [0.1, 0.15) is 19.4 Å². The largest absolute Gasteiger partial charge is 0.416 e. The number of hydrogen-bond donors (Lipinski definition) is 0. The maximum atomic E-state index is 12.9. The minimum atomic E-state index is -4.41. The SMILES string of the molecule is CCSc1cc(C(F)(F)F)ccc1-c1cnc(SCC)n(C)c1=O. The first-order chi connectivity index (χ1) is 11.3. The third kappa shape index (κ3) is 3.97. The molecule has 0 aliphatic carbocycles. The van der Waals surface area contributed by atoms with E-state index in [1.807, 2.05) is 13.8 Å². The predicted octanol–water partition coefficient (Wildman–Crippen LogP) is 4.69. The summed E-state index contributed by atoms with van der Waals surface area (Å²) in [7, 11) is 1.62. The van der Waals surface area contributed by atoms with Crippen LogP contribution in [0.5, 0.6) is 0 Å². The third-order valence-corrected chi connectivity index (χ3v) is 5.16. The van der Waals surface area contributed by atoms with E-state index in [1.165, 1.54) is 40.4 Å². The fourth-order valence-corrected chi connectivity index (χ4v) is 3.69. The molecule has 8 heteroatoms. The van der Waals surface area contributed by atoms with Crippen molar-refractivity contribution in [1.29, 1.82) is 0 Å². The number of thioether (sulfide) groups is 2. The van der Waals surface area contributed by atoms with E-state index in [1.54, 1.807) is 7.05 Å². The number of halogens is 3. The Morgan fingerprint density at radius 1 is 1.12 bits per heavy atom. The van der Waals surface area contributed by atoms with Crippen LogP contribution in [0.3, 0.4) is 0 Å². The van der Waals surface area contributed by atoms with Crippen molar-refractivity contribution in [3.05, 3.63) is 40.3 Å². The average Bonchev–Trinajstić information content (AvgIpc) is 2.52. The van der Waals surface area contributed by atoms with Crippen LogP contribution < -0.4 is 5.56 Å². The molecule has 0 saturated carbocycles. The Morgan fingerprint density at radius 2 is 1.79 bits per heavy atom. The fourth-order valence-electron chi connectivity index (χ4n) is 2.17. The number of hydrogen-bond acceptors (Lipinski definition) is 4. The Morgan fingerprint density at radius 3 is 2.38 bits per heavy atom. The second-order valence-corrected chi connectivity index (χ2v) is 7.43. The highest BCUT2D eigenvalue weighted by atomic mass is 32.2. The van der Waals surface area contributed by atoms with Gasteiger partial charge in [0, 0.05) is 23.7 Å². The van der Waals surface area contributed by atoms with Gasteiger partial charge in [-0.2, -0.15) is 13.2 Å². The van der Waals surface area contributed by atoms with Crippen LogP contribution in [0.15, 0.2) is 39.2 Å². The Kier molecular flexibility index (Phi) is 6.03. The number of alkyl halides is 3. The molecule has 0 aliphatic rings. The third-order valence-electron chi connectivity index (χ3n) is 3.30. The Hall–Kier alpha value is -1.41. The number of benzene rings is 1. The molecule has 0 spiro atoms. The van der Waals surface area contributed by atoms with Gasteiger partial charge in [-0.3, -0.25) is 9.36 Å². The Bertz CT molecular complexity index is 788. The van der Waals surface area contributed by atoms with Crippen molar-refractivity contribution in [3.8, 4) is 11.1 Å². The van der Waals surface area contributed by atoms with Crippen LogP contribution >= 0.6 is 23.5 Å². The van der Waals surface area contributed by atoms with Gasteiger partial charge in [-0.15, -0.1) is 11.8 Å². The standard InChI is InChI=1S/C16H17F3N2OS2/c1-4-23-13-8-10(16(17,18)19)6-7-11(13)12-9-20-15(24-5-2)21(3)14(12)22/h6-9H,4-5H2,1-3H3. The first-order valence-corrected chi connectivity index (χ1v) is 9.30. The maximum Gasteiger partial charge on any atom is 0.416 e. The van der Waals surface area contributed by atoms with Crippen LogP contribution in [-0.2, 0) is 13.2 Å². The van der Waals surface area contributed by atoms with E-state index in [4.69, 9.17) is 0 Å². The van der Waals surface area contributed by atoms with Gasteiger partial charge in [0.2, 0.25) is 0 Å². The summed E-state index contributed by atoms with van der Waals surface area (Å²) in [6.45, 7) is 3.81. The molecule has 0 N–H and O–H groups in total. The minimum Gasteiger partial charge on any atom is -0.290 e. The zero-order valence-corrected chi connectivity index (χ0v) is 15.1. The molecule has 2 rings (SSSR count). The van der Waals surface area contributed by atoms with E-state index < -0.39 is 11.7 Å². The highest BCUT2D eigenvalue weighted by Crippen LogP contribution is 2.36.